The third-order valence-corrected chi connectivity index (χ3v) is 3.65. The monoisotopic (exact) mass is 233 g/mol. The number of hydrogen-bond acceptors (Lipinski definition) is 3. The molecule has 0 radical (unpaired) electrons. The molecule has 2 rings (SSSR count). The van der Waals surface area contributed by atoms with Crippen molar-refractivity contribution in [2.24, 2.45) is 5.73 Å². The molecule has 0 aliphatic heterocycles. The van der Waals surface area contributed by atoms with Crippen molar-refractivity contribution in [3.63, 3.8) is 0 Å². The van der Waals surface area contributed by atoms with Crippen molar-refractivity contribution < 1.29 is 0 Å². The van der Waals surface area contributed by atoms with E-state index in [0.29, 0.717) is 12.6 Å². The number of nitrogens with two attached hydrogens (primary N) is 1. The van der Waals surface area contributed by atoms with Gasteiger partial charge in [0.25, 0.3) is 0 Å². The molecule has 94 valence electrons. The molecule has 1 heterocycles. The first-order chi connectivity index (χ1) is 8.24. The molecule has 2 N–H and O–H groups in total. The molecule has 1 aromatic heterocycles. The summed E-state index contributed by atoms with van der Waals surface area (Å²) in [6.07, 6.45) is 6.13. The highest BCUT2D eigenvalue weighted by molar-refractivity contribution is 5.43. The molecule has 3 heteroatoms. The van der Waals surface area contributed by atoms with E-state index in [4.69, 9.17) is 10.7 Å². The van der Waals surface area contributed by atoms with Gasteiger partial charge in [-0.15, -0.1) is 0 Å². The number of hydrogen-bond donors (Lipinski definition) is 1. The maximum Gasteiger partial charge on any atom is 0.129 e. The fourth-order valence-corrected chi connectivity index (χ4v) is 2.28. The molecule has 3 nitrogen and oxygen atoms in total. The summed E-state index contributed by atoms with van der Waals surface area (Å²) in [6, 6.07) is 4.96. The van der Waals surface area contributed by atoms with Gasteiger partial charge in [0.05, 0.1) is 0 Å². The van der Waals surface area contributed by atoms with E-state index in [0.717, 1.165) is 18.7 Å². The topological polar surface area (TPSA) is 42.1 Å². The van der Waals surface area contributed by atoms with E-state index in [9.17, 15) is 0 Å². The van der Waals surface area contributed by atoms with Crippen molar-refractivity contribution in [1.82, 2.24) is 4.98 Å². The van der Waals surface area contributed by atoms with E-state index < -0.39 is 0 Å². The number of aromatic nitrogens is 1. The maximum absolute atomic E-state index is 5.76. The minimum absolute atomic E-state index is 0.602. The summed E-state index contributed by atoms with van der Waals surface area (Å²) in [5, 5.41) is 0. The van der Waals surface area contributed by atoms with Crippen molar-refractivity contribution in [1.29, 1.82) is 0 Å². The first kappa shape index (κ1) is 12.4. The second kappa shape index (κ2) is 5.50. The van der Waals surface area contributed by atoms with Gasteiger partial charge in [0.2, 0.25) is 0 Å². The summed E-state index contributed by atoms with van der Waals surface area (Å²) in [4.78, 5) is 7.07. The predicted molar refractivity (Wildman–Crippen MR) is 72.2 cm³/mol. The number of pyridine rings is 1. The zero-order valence-corrected chi connectivity index (χ0v) is 10.9. The molecule has 1 aliphatic rings. The van der Waals surface area contributed by atoms with Crippen LogP contribution in [0.1, 0.15) is 43.9 Å². The molecule has 0 unspecified atom stereocenters. The molecule has 0 bridgehead atoms. The minimum Gasteiger partial charge on any atom is -0.357 e. The molecule has 1 aromatic rings. The quantitative estimate of drug-likeness (QED) is 0.849. The molecule has 1 saturated carbocycles. The Morgan fingerprint density at radius 2 is 2.18 bits per heavy atom. The van der Waals surface area contributed by atoms with Crippen LogP contribution in [0, 0.1) is 0 Å². The normalized spacial score (nSPS) is 15.7. The average molecular weight is 233 g/mol. The van der Waals surface area contributed by atoms with Crippen LogP contribution in [0.25, 0.3) is 0 Å². The van der Waals surface area contributed by atoms with Gasteiger partial charge in [0.1, 0.15) is 5.82 Å². The number of nitrogens with zero attached hydrogens (tertiary/aromatic N) is 2. The summed E-state index contributed by atoms with van der Waals surface area (Å²) < 4.78 is 0. The van der Waals surface area contributed by atoms with E-state index in [1.54, 1.807) is 0 Å². The van der Waals surface area contributed by atoms with Crippen LogP contribution < -0.4 is 10.6 Å². The van der Waals surface area contributed by atoms with E-state index in [1.165, 1.54) is 30.5 Å². The molecule has 0 aromatic carbocycles. The Morgan fingerprint density at radius 3 is 2.71 bits per heavy atom. The van der Waals surface area contributed by atoms with Gasteiger partial charge < -0.3 is 10.6 Å². The largest absolute Gasteiger partial charge is 0.357 e. The van der Waals surface area contributed by atoms with Crippen molar-refractivity contribution in [3.05, 3.63) is 23.4 Å². The van der Waals surface area contributed by atoms with Crippen molar-refractivity contribution in [3.8, 4) is 0 Å². The molecule has 0 saturated heterocycles. The minimum atomic E-state index is 0.602. The van der Waals surface area contributed by atoms with Crippen LogP contribution in [0.5, 0.6) is 0 Å². The first-order valence-electron chi connectivity index (χ1n) is 6.67. The Morgan fingerprint density at radius 1 is 1.41 bits per heavy atom. The second-order valence-electron chi connectivity index (χ2n) is 4.97. The zero-order valence-electron chi connectivity index (χ0n) is 10.9. The fourth-order valence-electron chi connectivity index (χ4n) is 2.28. The third kappa shape index (κ3) is 2.78. The molecule has 1 aliphatic carbocycles. The van der Waals surface area contributed by atoms with E-state index in [-0.39, 0.29) is 0 Å². The molecular formula is C14H23N3. The van der Waals surface area contributed by atoms with E-state index >= 15 is 0 Å². The van der Waals surface area contributed by atoms with Crippen LogP contribution in [0.3, 0.4) is 0 Å². The lowest BCUT2D eigenvalue weighted by Gasteiger charge is -2.35. The first-order valence-corrected chi connectivity index (χ1v) is 6.67. The Balaban J connectivity index is 2.21. The highest BCUT2D eigenvalue weighted by atomic mass is 15.2. The number of anilines is 1. The predicted octanol–water partition coefficient (Wildman–Crippen LogP) is 2.48. The molecular weight excluding hydrogens is 210 g/mol. The standard InChI is InChI=1S/C14H23N3/c1-3-5-12-8-11(10-15)9-14(16-12)17(2)13-6-4-7-13/h8-9,13H,3-7,10,15H2,1-2H3. The average Bonchev–Trinajstić information content (AvgIpc) is 2.26. The zero-order chi connectivity index (χ0) is 12.3. The highest BCUT2D eigenvalue weighted by Crippen LogP contribution is 2.27. The van der Waals surface area contributed by atoms with Gasteiger partial charge in [-0.25, -0.2) is 4.98 Å². The van der Waals surface area contributed by atoms with Crippen LogP contribution in [0.15, 0.2) is 12.1 Å². The molecule has 0 atom stereocenters. The molecule has 0 amide bonds. The lowest BCUT2D eigenvalue weighted by atomic mass is 9.92. The number of aryl methyl sites for hydroxylation is 1. The SMILES string of the molecule is CCCc1cc(CN)cc(N(C)C2CCC2)n1. The Hall–Kier alpha value is -1.09. The Kier molecular flexibility index (Phi) is 4.00. The van der Waals surface area contributed by atoms with Gasteiger partial charge in [0.15, 0.2) is 0 Å². The van der Waals surface area contributed by atoms with Gasteiger partial charge in [-0.2, -0.15) is 0 Å². The van der Waals surface area contributed by atoms with Gasteiger partial charge >= 0.3 is 0 Å². The van der Waals surface area contributed by atoms with Crippen LogP contribution in [0.4, 0.5) is 5.82 Å². The lowest BCUT2D eigenvalue weighted by Crippen LogP contribution is -2.37. The molecule has 0 spiro atoms. The highest BCUT2D eigenvalue weighted by Gasteiger charge is 2.23. The summed E-state index contributed by atoms with van der Waals surface area (Å²) in [5.74, 6) is 1.10. The van der Waals surface area contributed by atoms with Gasteiger partial charge in [-0.1, -0.05) is 13.3 Å². The second-order valence-corrected chi connectivity index (χ2v) is 4.97. The van der Waals surface area contributed by atoms with Crippen LogP contribution in [-0.2, 0) is 13.0 Å². The van der Waals surface area contributed by atoms with Gasteiger partial charge in [-0.05, 0) is 43.4 Å². The van der Waals surface area contributed by atoms with Crippen molar-refractivity contribution in [2.45, 2.75) is 51.6 Å². The summed E-state index contributed by atoms with van der Waals surface area (Å²) in [6.45, 7) is 2.79. The van der Waals surface area contributed by atoms with Crippen molar-refractivity contribution >= 4 is 5.82 Å². The van der Waals surface area contributed by atoms with Gasteiger partial charge in [-0.3, -0.25) is 0 Å². The lowest BCUT2D eigenvalue weighted by molar-refractivity contribution is 0.399. The summed E-state index contributed by atoms with van der Waals surface area (Å²) >= 11 is 0. The third-order valence-electron chi connectivity index (χ3n) is 3.65. The number of rotatable bonds is 5. The van der Waals surface area contributed by atoms with Crippen LogP contribution >= 0.6 is 0 Å². The van der Waals surface area contributed by atoms with Crippen molar-refractivity contribution in [2.75, 3.05) is 11.9 Å². The smallest absolute Gasteiger partial charge is 0.129 e. The fraction of sp³-hybridized carbons (Fsp3) is 0.643. The summed E-state index contributed by atoms with van der Waals surface area (Å²) in [7, 11) is 2.15. The van der Waals surface area contributed by atoms with Gasteiger partial charge in [0, 0.05) is 25.3 Å². The maximum atomic E-state index is 5.76. The molecule has 1 fully saturated rings. The van der Waals surface area contributed by atoms with Crippen LogP contribution in [-0.4, -0.2) is 18.1 Å². The Bertz CT molecular complexity index is 372. The Labute approximate surface area is 104 Å². The van der Waals surface area contributed by atoms with Crippen LogP contribution in [0.2, 0.25) is 0 Å². The summed E-state index contributed by atoms with van der Waals surface area (Å²) in [5.41, 5.74) is 8.14. The van der Waals surface area contributed by atoms with E-state index in [1.807, 2.05) is 0 Å². The molecule has 17 heavy (non-hydrogen) atoms. The van der Waals surface area contributed by atoms with E-state index in [2.05, 4.69) is 31.0 Å².